The number of pyridine rings is 3. The first-order valence-corrected chi connectivity index (χ1v) is 9.61. The third kappa shape index (κ3) is 3.85. The maximum Gasteiger partial charge on any atom is 0.269 e. The van der Waals surface area contributed by atoms with Crippen LogP contribution in [0.15, 0.2) is 61.2 Å². The van der Waals surface area contributed by atoms with Crippen LogP contribution in [-0.2, 0) is 0 Å². The molecule has 4 heterocycles. The fraction of sp³-hybridized carbons (Fsp3) is 0.136. The zero-order chi connectivity index (χ0) is 22.0. The van der Waals surface area contributed by atoms with Crippen molar-refractivity contribution >= 4 is 23.1 Å². The average molecular weight is 418 g/mol. The second kappa shape index (κ2) is 8.31. The van der Waals surface area contributed by atoms with E-state index in [2.05, 4.69) is 20.4 Å². The van der Waals surface area contributed by atoms with E-state index in [0.717, 1.165) is 17.3 Å². The average Bonchev–Trinajstić information content (AvgIpc) is 3.23. The normalized spacial score (nSPS) is 10.8. The van der Waals surface area contributed by atoms with Crippen LogP contribution < -0.4 is 10.2 Å². The summed E-state index contributed by atoms with van der Waals surface area (Å²) in [5.41, 5.74) is 3.00. The molecule has 9 heteroatoms. The summed E-state index contributed by atoms with van der Waals surface area (Å²) in [6.45, 7) is 2.20. The van der Waals surface area contributed by atoms with Crippen LogP contribution in [0.5, 0.6) is 0 Å². The summed E-state index contributed by atoms with van der Waals surface area (Å²) in [6, 6.07) is 9.56. The number of amides is 2. The zero-order valence-corrected chi connectivity index (χ0v) is 16.9. The lowest BCUT2D eigenvalue weighted by molar-refractivity contribution is 0.0956. The molecule has 0 aliphatic carbocycles. The van der Waals surface area contributed by atoms with Crippen LogP contribution in [0.3, 0.4) is 0 Å². The number of rotatable bonds is 5. The molecule has 4 aromatic rings. The highest BCUT2D eigenvalue weighted by molar-refractivity contribution is 6.06. The van der Waals surface area contributed by atoms with E-state index in [-0.39, 0.29) is 11.8 Å². The lowest BCUT2D eigenvalue weighted by atomic mass is 10.1. The predicted molar refractivity (Wildman–Crippen MR) is 113 cm³/mol. The number of halogens is 1. The lowest BCUT2D eigenvalue weighted by Gasteiger charge is -2.20. The summed E-state index contributed by atoms with van der Waals surface area (Å²) in [5, 5.41) is 6.86. The van der Waals surface area contributed by atoms with Crippen LogP contribution in [-0.4, -0.2) is 45.0 Å². The third-order valence-corrected chi connectivity index (χ3v) is 4.85. The van der Waals surface area contributed by atoms with Crippen molar-refractivity contribution in [3.63, 3.8) is 0 Å². The largest absolute Gasteiger partial charge is 0.354 e. The Kier molecular flexibility index (Phi) is 5.40. The van der Waals surface area contributed by atoms with Crippen molar-refractivity contribution in [1.29, 1.82) is 0 Å². The van der Waals surface area contributed by atoms with Crippen molar-refractivity contribution in [3.8, 4) is 11.1 Å². The number of anilines is 1. The number of carbonyl (C=O) groups is 2. The number of nitrogens with zero attached hydrogens (tertiary/aromatic N) is 5. The molecule has 0 aromatic carbocycles. The van der Waals surface area contributed by atoms with E-state index in [9.17, 15) is 14.0 Å². The Bertz CT molecular complexity index is 1250. The maximum absolute atomic E-state index is 13.2. The van der Waals surface area contributed by atoms with Crippen LogP contribution in [0.25, 0.3) is 16.6 Å². The van der Waals surface area contributed by atoms with Gasteiger partial charge in [0.15, 0.2) is 0 Å². The Morgan fingerprint density at radius 1 is 1.10 bits per heavy atom. The Hall–Kier alpha value is -4.14. The fourth-order valence-electron chi connectivity index (χ4n) is 3.24. The molecule has 4 aromatic heterocycles. The predicted octanol–water partition coefficient (Wildman–Crippen LogP) is 2.96. The molecule has 0 fully saturated rings. The second-order valence-electron chi connectivity index (χ2n) is 6.70. The molecule has 0 saturated heterocycles. The van der Waals surface area contributed by atoms with Gasteiger partial charge in [0.25, 0.3) is 11.8 Å². The molecule has 0 bridgehead atoms. The Morgan fingerprint density at radius 3 is 2.58 bits per heavy atom. The van der Waals surface area contributed by atoms with Gasteiger partial charge in [0, 0.05) is 42.7 Å². The number of fused-ring (bicyclic) bond motifs is 1. The Balaban J connectivity index is 1.70. The van der Waals surface area contributed by atoms with Crippen LogP contribution in [0.1, 0.15) is 27.8 Å². The Morgan fingerprint density at radius 2 is 1.94 bits per heavy atom. The highest BCUT2D eigenvalue weighted by Crippen LogP contribution is 2.25. The lowest BCUT2D eigenvalue weighted by Crippen LogP contribution is -2.31. The van der Waals surface area contributed by atoms with Crippen molar-refractivity contribution < 1.29 is 14.0 Å². The number of hydrogen-bond acceptors (Lipinski definition) is 5. The Labute approximate surface area is 177 Å². The van der Waals surface area contributed by atoms with Crippen LogP contribution in [0.2, 0.25) is 0 Å². The molecule has 0 aliphatic rings. The van der Waals surface area contributed by atoms with Crippen molar-refractivity contribution in [3.05, 3.63) is 78.3 Å². The fourth-order valence-corrected chi connectivity index (χ4v) is 3.24. The highest BCUT2D eigenvalue weighted by atomic mass is 19.1. The van der Waals surface area contributed by atoms with E-state index >= 15 is 0 Å². The van der Waals surface area contributed by atoms with Gasteiger partial charge in [0.05, 0.1) is 17.9 Å². The second-order valence-corrected chi connectivity index (χ2v) is 6.70. The molecular weight excluding hydrogens is 399 g/mol. The first-order valence-electron chi connectivity index (χ1n) is 9.61. The molecule has 0 unspecified atom stereocenters. The van der Waals surface area contributed by atoms with E-state index in [1.807, 2.05) is 6.92 Å². The molecule has 1 N–H and O–H groups in total. The molecule has 0 radical (unpaired) electrons. The van der Waals surface area contributed by atoms with Gasteiger partial charge < -0.3 is 5.32 Å². The molecule has 0 saturated carbocycles. The molecule has 0 aliphatic heterocycles. The van der Waals surface area contributed by atoms with Crippen molar-refractivity contribution in [2.45, 2.75) is 6.92 Å². The summed E-state index contributed by atoms with van der Waals surface area (Å²) in [5.74, 6) is -0.622. The first-order chi connectivity index (χ1) is 15.0. The topological polar surface area (TPSA) is 92.5 Å². The van der Waals surface area contributed by atoms with Gasteiger partial charge in [0.2, 0.25) is 0 Å². The summed E-state index contributed by atoms with van der Waals surface area (Å²) in [7, 11) is 1.54. The van der Waals surface area contributed by atoms with Crippen LogP contribution >= 0.6 is 0 Å². The summed E-state index contributed by atoms with van der Waals surface area (Å²) in [4.78, 5) is 34.5. The molecular formula is C22H19FN6O2. The zero-order valence-electron chi connectivity index (χ0n) is 16.9. The third-order valence-electron chi connectivity index (χ3n) is 4.85. The standard InChI is InChI=1S/C22H19FN6O2/c1-3-28(20-7-5-16(23)12-26-20)22(31)14-8-9-29-19(10-14)17(13-27-29)15-4-6-18(25-11-15)21(30)24-2/h4-13H,3H2,1-2H3,(H,24,30). The van der Waals surface area contributed by atoms with E-state index in [1.165, 1.54) is 17.0 Å². The minimum atomic E-state index is -0.464. The van der Waals surface area contributed by atoms with E-state index in [0.29, 0.717) is 29.1 Å². The molecule has 156 valence electrons. The SMILES string of the molecule is CCN(C(=O)c1ccn2ncc(-c3ccc(C(=O)NC)nc3)c2c1)c1ccc(F)cn1. The van der Waals surface area contributed by atoms with Gasteiger partial charge in [-0.05, 0) is 37.3 Å². The molecule has 0 spiro atoms. The van der Waals surface area contributed by atoms with Gasteiger partial charge in [-0.2, -0.15) is 5.10 Å². The summed E-state index contributed by atoms with van der Waals surface area (Å²) < 4.78 is 14.9. The smallest absolute Gasteiger partial charge is 0.269 e. The molecule has 8 nitrogen and oxygen atoms in total. The van der Waals surface area contributed by atoms with Gasteiger partial charge in [-0.25, -0.2) is 13.9 Å². The van der Waals surface area contributed by atoms with Crippen LogP contribution in [0, 0.1) is 5.82 Å². The van der Waals surface area contributed by atoms with Gasteiger partial charge in [-0.1, -0.05) is 6.07 Å². The molecule has 31 heavy (non-hydrogen) atoms. The number of hydrogen-bond donors (Lipinski definition) is 1. The van der Waals surface area contributed by atoms with Gasteiger partial charge >= 0.3 is 0 Å². The molecule has 4 rings (SSSR count). The molecule has 2 amide bonds. The van der Waals surface area contributed by atoms with E-state index < -0.39 is 5.82 Å². The van der Waals surface area contributed by atoms with Crippen molar-refractivity contribution in [2.24, 2.45) is 0 Å². The number of carbonyl (C=O) groups excluding carboxylic acids is 2. The van der Waals surface area contributed by atoms with Crippen molar-refractivity contribution in [1.82, 2.24) is 24.9 Å². The van der Waals surface area contributed by atoms with Crippen molar-refractivity contribution in [2.75, 3.05) is 18.5 Å². The van der Waals surface area contributed by atoms with Gasteiger partial charge in [-0.15, -0.1) is 0 Å². The van der Waals surface area contributed by atoms with E-state index in [1.54, 1.807) is 54.4 Å². The summed E-state index contributed by atoms with van der Waals surface area (Å²) in [6.07, 6.45) is 6.06. The first kappa shape index (κ1) is 20.1. The number of nitrogens with one attached hydrogen (secondary N) is 1. The number of aromatic nitrogens is 4. The minimum absolute atomic E-state index is 0.260. The quantitative estimate of drug-likeness (QED) is 0.538. The van der Waals surface area contributed by atoms with Gasteiger partial charge in [0.1, 0.15) is 17.3 Å². The summed E-state index contributed by atoms with van der Waals surface area (Å²) >= 11 is 0. The van der Waals surface area contributed by atoms with Crippen LogP contribution in [0.4, 0.5) is 10.2 Å². The maximum atomic E-state index is 13.2. The monoisotopic (exact) mass is 418 g/mol. The minimum Gasteiger partial charge on any atom is -0.354 e. The van der Waals surface area contributed by atoms with Gasteiger partial charge in [-0.3, -0.25) is 19.5 Å². The van der Waals surface area contributed by atoms with E-state index in [4.69, 9.17) is 0 Å². The highest BCUT2D eigenvalue weighted by Gasteiger charge is 2.19. The molecule has 0 atom stereocenters.